The molecule has 122 valence electrons. The molecule has 0 spiro atoms. The van der Waals surface area contributed by atoms with E-state index in [9.17, 15) is 5.11 Å². The van der Waals surface area contributed by atoms with E-state index in [1.807, 2.05) is 24.3 Å². The molecule has 0 radical (unpaired) electrons. The van der Waals surface area contributed by atoms with Crippen LogP contribution in [0.4, 0.5) is 0 Å². The molecule has 0 bridgehead atoms. The van der Waals surface area contributed by atoms with E-state index in [0.717, 1.165) is 43.8 Å². The summed E-state index contributed by atoms with van der Waals surface area (Å²) in [7, 11) is 1.66. The minimum Gasteiger partial charge on any atom is -0.497 e. The molecule has 1 N–H and O–H groups in total. The molecule has 3 nitrogen and oxygen atoms in total. The first-order valence-electron chi connectivity index (χ1n) is 8.34. The Hall–Kier alpha value is -1.84. The van der Waals surface area contributed by atoms with Crippen LogP contribution in [0.15, 0.2) is 54.6 Å². The number of aliphatic hydroxyl groups is 1. The second kappa shape index (κ2) is 7.62. The van der Waals surface area contributed by atoms with Crippen LogP contribution in [0, 0.1) is 5.92 Å². The number of piperidine rings is 1. The van der Waals surface area contributed by atoms with Gasteiger partial charge in [-0.25, -0.2) is 0 Å². The highest BCUT2D eigenvalue weighted by atomic mass is 16.5. The van der Waals surface area contributed by atoms with Crippen molar-refractivity contribution in [2.75, 3.05) is 20.2 Å². The van der Waals surface area contributed by atoms with E-state index in [4.69, 9.17) is 4.74 Å². The van der Waals surface area contributed by atoms with Gasteiger partial charge in [-0.15, -0.1) is 0 Å². The number of ether oxygens (including phenoxy) is 1. The van der Waals surface area contributed by atoms with Gasteiger partial charge in [0.05, 0.1) is 13.2 Å². The maximum Gasteiger partial charge on any atom is 0.119 e. The zero-order valence-corrected chi connectivity index (χ0v) is 13.7. The maximum atomic E-state index is 10.8. The van der Waals surface area contributed by atoms with Crippen molar-refractivity contribution in [3.05, 3.63) is 65.7 Å². The van der Waals surface area contributed by atoms with Gasteiger partial charge in [0.2, 0.25) is 0 Å². The van der Waals surface area contributed by atoms with E-state index < -0.39 is 6.10 Å². The lowest BCUT2D eigenvalue weighted by Crippen LogP contribution is -2.37. The molecule has 2 unspecified atom stereocenters. The predicted octanol–water partition coefficient (Wildman–Crippen LogP) is 3.64. The highest BCUT2D eigenvalue weighted by Crippen LogP contribution is 2.31. The Bertz CT molecular complexity index is 614. The van der Waals surface area contributed by atoms with Crippen molar-refractivity contribution in [1.82, 2.24) is 4.90 Å². The molecular formula is C20H25NO2. The minimum absolute atomic E-state index is 0.277. The molecule has 1 aliphatic rings. The quantitative estimate of drug-likeness (QED) is 0.915. The Kier molecular flexibility index (Phi) is 5.31. The fourth-order valence-electron chi connectivity index (χ4n) is 3.43. The van der Waals surface area contributed by atoms with Gasteiger partial charge in [0.25, 0.3) is 0 Å². The third-order valence-electron chi connectivity index (χ3n) is 4.67. The van der Waals surface area contributed by atoms with Crippen molar-refractivity contribution in [1.29, 1.82) is 0 Å². The van der Waals surface area contributed by atoms with Gasteiger partial charge in [-0.1, -0.05) is 42.5 Å². The molecule has 0 amide bonds. The van der Waals surface area contributed by atoms with Gasteiger partial charge in [0, 0.05) is 19.0 Å². The van der Waals surface area contributed by atoms with Crippen LogP contribution in [0.5, 0.6) is 5.75 Å². The fourth-order valence-corrected chi connectivity index (χ4v) is 3.43. The van der Waals surface area contributed by atoms with E-state index in [1.165, 1.54) is 5.56 Å². The SMILES string of the molecule is COc1cccc(C(O)C2CCCN(Cc3ccccc3)C2)c1. The number of rotatable bonds is 5. The van der Waals surface area contributed by atoms with E-state index in [2.05, 4.69) is 35.2 Å². The molecule has 1 aliphatic heterocycles. The molecule has 3 heteroatoms. The van der Waals surface area contributed by atoms with Gasteiger partial charge in [-0.2, -0.15) is 0 Å². The Balaban J connectivity index is 1.65. The minimum atomic E-state index is -0.427. The van der Waals surface area contributed by atoms with E-state index in [1.54, 1.807) is 7.11 Å². The van der Waals surface area contributed by atoms with Crippen molar-refractivity contribution in [3.8, 4) is 5.75 Å². The normalized spacial score (nSPS) is 20.2. The number of benzene rings is 2. The average molecular weight is 311 g/mol. The summed E-state index contributed by atoms with van der Waals surface area (Å²) in [5.41, 5.74) is 2.29. The lowest BCUT2D eigenvalue weighted by molar-refractivity contribution is 0.0475. The van der Waals surface area contributed by atoms with Crippen LogP contribution in [0.3, 0.4) is 0 Å². The van der Waals surface area contributed by atoms with E-state index in [-0.39, 0.29) is 5.92 Å². The molecule has 0 saturated carbocycles. The molecule has 1 saturated heterocycles. The number of aliphatic hydroxyl groups excluding tert-OH is 1. The number of hydrogen-bond acceptors (Lipinski definition) is 3. The summed E-state index contributed by atoms with van der Waals surface area (Å²) in [4.78, 5) is 2.45. The third-order valence-corrected chi connectivity index (χ3v) is 4.67. The summed E-state index contributed by atoms with van der Waals surface area (Å²) in [6.45, 7) is 3.01. The van der Waals surface area contributed by atoms with Crippen molar-refractivity contribution in [3.63, 3.8) is 0 Å². The third kappa shape index (κ3) is 4.12. The van der Waals surface area contributed by atoms with Crippen LogP contribution in [0.2, 0.25) is 0 Å². The highest BCUT2D eigenvalue weighted by molar-refractivity contribution is 5.30. The number of nitrogens with zero attached hydrogens (tertiary/aromatic N) is 1. The van der Waals surface area contributed by atoms with Gasteiger partial charge in [-0.05, 0) is 42.6 Å². The molecule has 2 aromatic carbocycles. The van der Waals surface area contributed by atoms with E-state index in [0.29, 0.717) is 0 Å². The largest absolute Gasteiger partial charge is 0.497 e. The van der Waals surface area contributed by atoms with Gasteiger partial charge in [0.1, 0.15) is 5.75 Å². The van der Waals surface area contributed by atoms with Crippen LogP contribution in [-0.4, -0.2) is 30.2 Å². The van der Waals surface area contributed by atoms with Crippen LogP contribution < -0.4 is 4.74 Å². The summed E-state index contributed by atoms with van der Waals surface area (Å²) in [5, 5.41) is 10.8. The fraction of sp³-hybridized carbons (Fsp3) is 0.400. The van der Waals surface area contributed by atoms with Crippen LogP contribution in [0.1, 0.15) is 30.1 Å². The van der Waals surface area contributed by atoms with Gasteiger partial charge in [0.15, 0.2) is 0 Å². The van der Waals surface area contributed by atoms with Gasteiger partial charge < -0.3 is 9.84 Å². The standard InChI is InChI=1S/C20H25NO2/c1-23-19-11-5-9-17(13-19)20(22)18-10-6-12-21(15-18)14-16-7-3-2-4-8-16/h2-5,7-9,11,13,18,20,22H,6,10,12,14-15H2,1H3. The van der Waals surface area contributed by atoms with Crippen molar-refractivity contribution in [2.24, 2.45) is 5.92 Å². The van der Waals surface area contributed by atoms with Crippen LogP contribution in [-0.2, 0) is 6.54 Å². The molecule has 2 aromatic rings. The second-order valence-electron chi connectivity index (χ2n) is 6.34. The Morgan fingerprint density at radius 1 is 1.17 bits per heavy atom. The second-order valence-corrected chi connectivity index (χ2v) is 6.34. The summed E-state index contributed by atoms with van der Waals surface area (Å²) < 4.78 is 5.27. The van der Waals surface area contributed by atoms with Crippen LogP contribution >= 0.6 is 0 Å². The first-order valence-corrected chi connectivity index (χ1v) is 8.34. The molecular weight excluding hydrogens is 286 g/mol. The molecule has 0 aromatic heterocycles. The zero-order chi connectivity index (χ0) is 16.1. The number of hydrogen-bond donors (Lipinski definition) is 1. The van der Waals surface area contributed by atoms with Gasteiger partial charge >= 0.3 is 0 Å². The van der Waals surface area contributed by atoms with Crippen molar-refractivity contribution in [2.45, 2.75) is 25.5 Å². The predicted molar refractivity (Wildman–Crippen MR) is 92.4 cm³/mol. The zero-order valence-electron chi connectivity index (χ0n) is 13.7. The van der Waals surface area contributed by atoms with E-state index >= 15 is 0 Å². The summed E-state index contributed by atoms with van der Waals surface area (Å²) in [5.74, 6) is 1.08. The maximum absolute atomic E-state index is 10.8. The first-order chi connectivity index (χ1) is 11.3. The average Bonchev–Trinajstić information content (AvgIpc) is 2.62. The monoisotopic (exact) mass is 311 g/mol. The first kappa shape index (κ1) is 16.0. The Labute approximate surface area is 138 Å². The number of methoxy groups -OCH3 is 1. The van der Waals surface area contributed by atoms with Crippen molar-refractivity contribution >= 4 is 0 Å². The topological polar surface area (TPSA) is 32.7 Å². The Morgan fingerprint density at radius 3 is 2.78 bits per heavy atom. The smallest absolute Gasteiger partial charge is 0.119 e. The summed E-state index contributed by atoms with van der Waals surface area (Å²) in [6, 6.07) is 18.4. The molecule has 1 heterocycles. The highest BCUT2D eigenvalue weighted by Gasteiger charge is 2.27. The summed E-state index contributed by atoms with van der Waals surface area (Å²) in [6.07, 6.45) is 1.78. The summed E-state index contributed by atoms with van der Waals surface area (Å²) >= 11 is 0. The molecule has 0 aliphatic carbocycles. The molecule has 2 atom stereocenters. The number of likely N-dealkylation sites (tertiary alicyclic amines) is 1. The molecule has 1 fully saturated rings. The van der Waals surface area contributed by atoms with Crippen LogP contribution in [0.25, 0.3) is 0 Å². The van der Waals surface area contributed by atoms with Gasteiger partial charge in [-0.3, -0.25) is 4.90 Å². The lowest BCUT2D eigenvalue weighted by atomic mass is 9.88. The van der Waals surface area contributed by atoms with Crippen molar-refractivity contribution < 1.29 is 9.84 Å². The molecule has 3 rings (SSSR count). The molecule has 23 heavy (non-hydrogen) atoms. The Morgan fingerprint density at radius 2 is 2.00 bits per heavy atom. The lowest BCUT2D eigenvalue weighted by Gasteiger charge is -2.35.